The third kappa shape index (κ3) is 2.99. The van der Waals surface area contributed by atoms with Gasteiger partial charge < -0.3 is 0 Å². The van der Waals surface area contributed by atoms with Crippen molar-refractivity contribution in [3.63, 3.8) is 0 Å². The molecule has 0 N–H and O–H groups in total. The Kier molecular flexibility index (Phi) is 5.26. The minimum absolute atomic E-state index is 0.763. The summed E-state index contributed by atoms with van der Waals surface area (Å²) in [5.74, 6) is 0. The molecule has 0 saturated carbocycles. The van der Waals surface area contributed by atoms with Crippen molar-refractivity contribution >= 4 is 12.0 Å². The minimum atomic E-state index is 0.763. The van der Waals surface area contributed by atoms with Crippen LogP contribution >= 0.6 is 0 Å². The molecule has 0 unspecified atom stereocenters. The number of allylic oxidation sites excluding steroid dienone is 2. The molecule has 0 heterocycles. The second kappa shape index (κ2) is 5.70. The lowest BCUT2D eigenvalue weighted by atomic mass is 10.0. The fraction of sp³-hybridized carbons (Fsp3) is 0.600. The average Bonchev–Trinajstić information content (AvgIpc) is 2.06. The molecule has 0 aromatic heterocycles. The average molecular weight is 167 g/mol. The van der Waals surface area contributed by atoms with Gasteiger partial charge in [0.1, 0.15) is 0 Å². The molecule has 68 valence electrons. The molecule has 0 atom stereocenters. The summed E-state index contributed by atoms with van der Waals surface area (Å²) in [5.41, 5.74) is 2.73. The van der Waals surface area contributed by atoms with Crippen LogP contribution in [0.15, 0.2) is 16.1 Å². The molecule has 0 amide bonds. The lowest BCUT2D eigenvalue weighted by molar-refractivity contribution is -0.104. The molecule has 0 rings (SSSR count). The van der Waals surface area contributed by atoms with Crippen LogP contribution in [0, 0.1) is 0 Å². The van der Waals surface area contributed by atoms with Crippen molar-refractivity contribution in [3.8, 4) is 0 Å². The summed E-state index contributed by atoms with van der Waals surface area (Å²) >= 11 is 0. The van der Waals surface area contributed by atoms with E-state index in [9.17, 15) is 4.79 Å². The van der Waals surface area contributed by atoms with Gasteiger partial charge in [-0.3, -0.25) is 9.79 Å². The lowest BCUT2D eigenvalue weighted by Gasteiger charge is -2.03. The topological polar surface area (TPSA) is 29.4 Å². The molecule has 0 saturated heterocycles. The normalized spacial score (nSPS) is 14.2. The maximum absolute atomic E-state index is 10.7. The second-order valence-corrected chi connectivity index (χ2v) is 2.87. The molecule has 0 aliphatic carbocycles. The van der Waals surface area contributed by atoms with Crippen molar-refractivity contribution in [1.82, 2.24) is 0 Å². The van der Waals surface area contributed by atoms with Crippen LogP contribution in [0.3, 0.4) is 0 Å². The first-order valence-corrected chi connectivity index (χ1v) is 4.26. The smallest absolute Gasteiger partial charge is 0.151 e. The zero-order valence-corrected chi connectivity index (χ0v) is 8.35. The predicted octanol–water partition coefficient (Wildman–Crippen LogP) is 2.39. The fourth-order valence-electron chi connectivity index (χ4n) is 1.12. The monoisotopic (exact) mass is 167 g/mol. The molecule has 0 bridgehead atoms. The van der Waals surface area contributed by atoms with Crippen LogP contribution in [0.4, 0.5) is 0 Å². The van der Waals surface area contributed by atoms with E-state index in [4.69, 9.17) is 0 Å². The molecule has 0 spiro atoms. The molecule has 0 aliphatic rings. The number of carbonyl (C=O) groups is 1. The first-order chi connectivity index (χ1) is 5.67. The van der Waals surface area contributed by atoms with Gasteiger partial charge in [0.25, 0.3) is 0 Å². The molecule has 0 aromatic rings. The number of hydrogen-bond acceptors (Lipinski definition) is 2. The molecular weight excluding hydrogens is 150 g/mol. The number of carbonyl (C=O) groups excluding carboxylic acids is 1. The highest BCUT2D eigenvalue weighted by atomic mass is 16.1. The van der Waals surface area contributed by atoms with Crippen LogP contribution in [0.5, 0.6) is 0 Å². The first-order valence-electron chi connectivity index (χ1n) is 4.26. The minimum Gasteiger partial charge on any atom is -0.298 e. The van der Waals surface area contributed by atoms with Crippen LogP contribution in [0.25, 0.3) is 0 Å². The Bertz CT molecular complexity index is 214. The van der Waals surface area contributed by atoms with Crippen molar-refractivity contribution in [2.45, 2.75) is 33.6 Å². The van der Waals surface area contributed by atoms with Gasteiger partial charge in [-0.1, -0.05) is 18.9 Å². The van der Waals surface area contributed by atoms with E-state index >= 15 is 0 Å². The van der Waals surface area contributed by atoms with Crippen LogP contribution in [-0.2, 0) is 4.79 Å². The summed E-state index contributed by atoms with van der Waals surface area (Å²) in [6, 6.07) is 0. The largest absolute Gasteiger partial charge is 0.298 e. The van der Waals surface area contributed by atoms with E-state index in [0.717, 1.165) is 36.0 Å². The van der Waals surface area contributed by atoms with Gasteiger partial charge in [0.05, 0.1) is 0 Å². The summed E-state index contributed by atoms with van der Waals surface area (Å²) in [6.45, 7) is 5.95. The molecular formula is C10H17NO. The Labute approximate surface area is 74.4 Å². The van der Waals surface area contributed by atoms with Gasteiger partial charge in [-0.25, -0.2) is 0 Å². The Morgan fingerprint density at radius 1 is 1.42 bits per heavy atom. The van der Waals surface area contributed by atoms with Gasteiger partial charge in [-0.2, -0.15) is 0 Å². The second-order valence-electron chi connectivity index (χ2n) is 2.87. The summed E-state index contributed by atoms with van der Waals surface area (Å²) < 4.78 is 0. The predicted molar refractivity (Wildman–Crippen MR) is 52.7 cm³/mol. The highest BCUT2D eigenvalue weighted by Crippen LogP contribution is 2.10. The summed E-state index contributed by atoms with van der Waals surface area (Å²) in [4.78, 5) is 14.7. The lowest BCUT2D eigenvalue weighted by Crippen LogP contribution is -2.02. The molecule has 2 heteroatoms. The molecule has 2 nitrogen and oxygen atoms in total. The quantitative estimate of drug-likeness (QED) is 0.359. The Morgan fingerprint density at radius 2 is 2.00 bits per heavy atom. The highest BCUT2D eigenvalue weighted by molar-refractivity contribution is 6.14. The van der Waals surface area contributed by atoms with Gasteiger partial charge in [-0.05, 0) is 20.3 Å². The Morgan fingerprint density at radius 3 is 2.33 bits per heavy atom. The van der Waals surface area contributed by atoms with E-state index in [1.807, 2.05) is 13.8 Å². The number of nitrogens with zero attached hydrogens (tertiary/aromatic N) is 1. The van der Waals surface area contributed by atoms with Gasteiger partial charge in [-0.15, -0.1) is 0 Å². The number of rotatable bonds is 4. The first kappa shape index (κ1) is 11.1. The molecule has 0 aromatic carbocycles. The van der Waals surface area contributed by atoms with Crippen molar-refractivity contribution in [3.05, 3.63) is 11.1 Å². The standard InChI is InChI=1S/C10H17NO/c1-5-6-8(2)10(7-12)9(3)11-4/h7H,5-6H2,1-4H3. The summed E-state index contributed by atoms with van der Waals surface area (Å²) in [5, 5.41) is 0. The SMILES string of the molecule is CCCC(C)=C(C=O)C(C)=NC. The zero-order valence-electron chi connectivity index (χ0n) is 8.35. The maximum Gasteiger partial charge on any atom is 0.151 e. The molecule has 0 radical (unpaired) electrons. The Balaban J connectivity index is 4.72. The van der Waals surface area contributed by atoms with E-state index in [1.54, 1.807) is 7.05 Å². The number of aldehydes is 1. The van der Waals surface area contributed by atoms with E-state index in [2.05, 4.69) is 11.9 Å². The van der Waals surface area contributed by atoms with Crippen LogP contribution in [0.2, 0.25) is 0 Å². The Hall–Kier alpha value is -0.920. The van der Waals surface area contributed by atoms with Gasteiger partial charge in [0.15, 0.2) is 6.29 Å². The van der Waals surface area contributed by atoms with Gasteiger partial charge in [0, 0.05) is 18.3 Å². The van der Waals surface area contributed by atoms with Gasteiger partial charge >= 0.3 is 0 Å². The van der Waals surface area contributed by atoms with E-state index in [0.29, 0.717) is 0 Å². The van der Waals surface area contributed by atoms with E-state index in [-0.39, 0.29) is 0 Å². The summed E-state index contributed by atoms with van der Waals surface area (Å²) in [7, 11) is 1.71. The number of aliphatic imine (C=N–C) groups is 1. The summed E-state index contributed by atoms with van der Waals surface area (Å²) in [6.07, 6.45) is 2.94. The third-order valence-corrected chi connectivity index (χ3v) is 1.93. The van der Waals surface area contributed by atoms with Crippen molar-refractivity contribution in [1.29, 1.82) is 0 Å². The van der Waals surface area contributed by atoms with Crippen molar-refractivity contribution in [2.24, 2.45) is 4.99 Å². The highest BCUT2D eigenvalue weighted by Gasteiger charge is 2.03. The van der Waals surface area contributed by atoms with Crippen molar-refractivity contribution < 1.29 is 4.79 Å². The van der Waals surface area contributed by atoms with Gasteiger partial charge in [0.2, 0.25) is 0 Å². The zero-order chi connectivity index (χ0) is 9.56. The fourth-order valence-corrected chi connectivity index (χ4v) is 1.12. The molecule has 0 aliphatic heterocycles. The number of hydrogen-bond donors (Lipinski definition) is 0. The van der Waals surface area contributed by atoms with E-state index < -0.39 is 0 Å². The third-order valence-electron chi connectivity index (χ3n) is 1.93. The maximum atomic E-state index is 10.7. The van der Waals surface area contributed by atoms with Crippen LogP contribution in [0.1, 0.15) is 33.6 Å². The van der Waals surface area contributed by atoms with E-state index in [1.165, 1.54) is 0 Å². The molecule has 0 fully saturated rings. The molecule has 12 heavy (non-hydrogen) atoms. The van der Waals surface area contributed by atoms with Crippen molar-refractivity contribution in [2.75, 3.05) is 7.05 Å². The van der Waals surface area contributed by atoms with Crippen LogP contribution in [-0.4, -0.2) is 19.0 Å². The van der Waals surface area contributed by atoms with Crippen LogP contribution < -0.4 is 0 Å².